The van der Waals surface area contributed by atoms with Gasteiger partial charge in [0, 0.05) is 0 Å². The Morgan fingerprint density at radius 3 is 2.56 bits per heavy atom. The van der Waals surface area contributed by atoms with Crippen molar-refractivity contribution in [3.63, 3.8) is 0 Å². The molecule has 1 aromatic carbocycles. The summed E-state index contributed by atoms with van der Waals surface area (Å²) in [4.78, 5) is 0. The van der Waals surface area contributed by atoms with Gasteiger partial charge in [0.05, 0.1) is 0 Å². The van der Waals surface area contributed by atoms with Crippen LogP contribution in [0, 0.1) is 6.92 Å². The molecule has 0 heterocycles. The highest BCUT2D eigenvalue weighted by atomic mass is 13.9. The molecule has 0 saturated heterocycles. The van der Waals surface area contributed by atoms with Crippen molar-refractivity contribution < 1.29 is 0 Å². The van der Waals surface area contributed by atoms with E-state index in [0.29, 0.717) is 0 Å². The Bertz CT molecular complexity index is 402. The summed E-state index contributed by atoms with van der Waals surface area (Å²) in [6.45, 7) is 9.67. The second kappa shape index (κ2) is 6.62. The molecule has 0 amide bonds. The molecule has 0 unspecified atom stereocenters. The van der Waals surface area contributed by atoms with Crippen LogP contribution in [0.5, 0.6) is 0 Å². The third-order valence-corrected chi connectivity index (χ3v) is 2.24. The van der Waals surface area contributed by atoms with Crippen molar-refractivity contribution in [1.29, 1.82) is 0 Å². The summed E-state index contributed by atoms with van der Waals surface area (Å²) in [7, 11) is 0. The largest absolute Gasteiger partial charge is 0.0991 e. The Morgan fingerprint density at radius 1 is 1.25 bits per heavy atom. The first kappa shape index (κ1) is 12.3. The number of allylic oxidation sites excluding steroid dienone is 5. The second-order valence-electron chi connectivity index (χ2n) is 3.77. The number of rotatable bonds is 5. The van der Waals surface area contributed by atoms with Crippen LogP contribution in [0.3, 0.4) is 0 Å². The molecule has 1 aromatic rings. The van der Waals surface area contributed by atoms with Crippen molar-refractivity contribution in [2.75, 3.05) is 0 Å². The zero-order valence-electron chi connectivity index (χ0n) is 9.82. The maximum atomic E-state index is 3.95. The van der Waals surface area contributed by atoms with Crippen molar-refractivity contribution in [3.05, 3.63) is 78.4 Å². The van der Waals surface area contributed by atoms with Crippen molar-refractivity contribution in [3.8, 4) is 0 Å². The van der Waals surface area contributed by atoms with Crippen molar-refractivity contribution in [2.45, 2.75) is 13.3 Å². The van der Waals surface area contributed by atoms with Gasteiger partial charge in [0.25, 0.3) is 0 Å². The van der Waals surface area contributed by atoms with Crippen LogP contribution in [0.15, 0.2) is 67.3 Å². The van der Waals surface area contributed by atoms with E-state index in [1.165, 1.54) is 11.1 Å². The lowest BCUT2D eigenvalue weighted by Gasteiger charge is -1.95. The summed E-state index contributed by atoms with van der Waals surface area (Å²) in [5.41, 5.74) is 3.60. The van der Waals surface area contributed by atoms with Crippen LogP contribution in [0.4, 0.5) is 0 Å². The van der Waals surface area contributed by atoms with Gasteiger partial charge in [-0.2, -0.15) is 0 Å². The molecule has 1 rings (SSSR count). The predicted molar refractivity (Wildman–Crippen MR) is 73.3 cm³/mol. The molecule has 0 nitrogen and oxygen atoms in total. The van der Waals surface area contributed by atoms with Gasteiger partial charge >= 0.3 is 0 Å². The number of aryl methyl sites for hydroxylation is 1. The summed E-state index contributed by atoms with van der Waals surface area (Å²) in [5, 5.41) is 0. The smallest absolute Gasteiger partial charge is 0.01000 e. The topological polar surface area (TPSA) is 0 Å². The van der Waals surface area contributed by atoms with Crippen LogP contribution in [0.1, 0.15) is 17.5 Å². The third-order valence-electron chi connectivity index (χ3n) is 2.24. The molecule has 0 fully saturated rings. The van der Waals surface area contributed by atoms with E-state index in [1.807, 2.05) is 12.2 Å². The van der Waals surface area contributed by atoms with E-state index < -0.39 is 0 Å². The normalized spacial score (nSPS) is 11.1. The van der Waals surface area contributed by atoms with Crippen LogP contribution < -0.4 is 0 Å². The van der Waals surface area contributed by atoms with Gasteiger partial charge in [0.2, 0.25) is 0 Å². The lowest BCUT2D eigenvalue weighted by molar-refractivity contribution is 1.31. The maximum absolute atomic E-state index is 3.95. The minimum absolute atomic E-state index is 0.873. The fourth-order valence-electron chi connectivity index (χ4n) is 1.30. The SMILES string of the molecule is C=C/C=C\C(=C)C/C=C/c1ccc(C)cc1. The summed E-state index contributed by atoms with van der Waals surface area (Å²) in [6, 6.07) is 8.47. The Labute approximate surface area is 98.3 Å². The fraction of sp³-hybridized carbons (Fsp3) is 0.125. The van der Waals surface area contributed by atoms with Crippen LogP contribution in [-0.2, 0) is 0 Å². The first-order valence-corrected chi connectivity index (χ1v) is 5.42. The van der Waals surface area contributed by atoms with Crippen molar-refractivity contribution >= 4 is 6.08 Å². The minimum Gasteiger partial charge on any atom is -0.0991 e. The van der Waals surface area contributed by atoms with Crippen LogP contribution in [0.2, 0.25) is 0 Å². The van der Waals surface area contributed by atoms with E-state index in [1.54, 1.807) is 6.08 Å². The van der Waals surface area contributed by atoms with E-state index >= 15 is 0 Å². The molecule has 0 aliphatic carbocycles. The van der Waals surface area contributed by atoms with Crippen LogP contribution in [0.25, 0.3) is 6.08 Å². The molecular formula is C16H18. The average molecular weight is 210 g/mol. The molecule has 0 spiro atoms. The monoisotopic (exact) mass is 210 g/mol. The summed E-state index contributed by atoms with van der Waals surface area (Å²) in [5.74, 6) is 0. The lowest BCUT2D eigenvalue weighted by Crippen LogP contribution is -1.75. The van der Waals surface area contributed by atoms with E-state index in [2.05, 4.69) is 56.5 Å². The van der Waals surface area contributed by atoms with Gasteiger partial charge in [0.1, 0.15) is 0 Å². The van der Waals surface area contributed by atoms with Gasteiger partial charge in [-0.1, -0.05) is 78.9 Å². The molecule has 16 heavy (non-hydrogen) atoms. The van der Waals surface area contributed by atoms with Gasteiger partial charge in [-0.25, -0.2) is 0 Å². The molecule has 82 valence electrons. The zero-order chi connectivity index (χ0) is 11.8. The quantitative estimate of drug-likeness (QED) is 0.618. The Balaban J connectivity index is 2.48. The second-order valence-corrected chi connectivity index (χ2v) is 3.77. The van der Waals surface area contributed by atoms with E-state index in [4.69, 9.17) is 0 Å². The summed E-state index contributed by atoms with van der Waals surface area (Å²) >= 11 is 0. The number of hydrogen-bond acceptors (Lipinski definition) is 0. The highest BCUT2D eigenvalue weighted by molar-refractivity contribution is 5.50. The van der Waals surface area contributed by atoms with Gasteiger partial charge in [-0.3, -0.25) is 0 Å². The Morgan fingerprint density at radius 2 is 1.94 bits per heavy atom. The highest BCUT2D eigenvalue weighted by Crippen LogP contribution is 2.08. The van der Waals surface area contributed by atoms with E-state index in [9.17, 15) is 0 Å². The molecule has 0 bridgehead atoms. The molecule has 0 aromatic heterocycles. The number of benzene rings is 1. The standard InChI is InChI=1S/C16H18/c1-4-5-7-14(2)8-6-9-16-12-10-15(3)11-13-16/h4-7,9-13H,1-2,8H2,3H3/b7-5-,9-6+. The molecule has 0 atom stereocenters. The first-order valence-electron chi connectivity index (χ1n) is 5.42. The molecule has 0 heteroatoms. The molecule has 0 aliphatic heterocycles. The Kier molecular flexibility index (Phi) is 5.07. The molecule has 0 saturated carbocycles. The van der Waals surface area contributed by atoms with Crippen LogP contribution >= 0.6 is 0 Å². The molecule has 0 N–H and O–H groups in total. The highest BCUT2D eigenvalue weighted by Gasteiger charge is 1.87. The summed E-state index contributed by atoms with van der Waals surface area (Å²) < 4.78 is 0. The number of hydrogen-bond donors (Lipinski definition) is 0. The van der Waals surface area contributed by atoms with Crippen molar-refractivity contribution in [1.82, 2.24) is 0 Å². The zero-order valence-corrected chi connectivity index (χ0v) is 9.82. The predicted octanol–water partition coefficient (Wildman–Crippen LogP) is 4.70. The van der Waals surface area contributed by atoms with E-state index in [0.717, 1.165) is 12.0 Å². The Hall–Kier alpha value is -1.82. The average Bonchev–Trinajstić information content (AvgIpc) is 2.29. The lowest BCUT2D eigenvalue weighted by atomic mass is 10.1. The van der Waals surface area contributed by atoms with Gasteiger partial charge in [-0.15, -0.1) is 0 Å². The maximum Gasteiger partial charge on any atom is -0.01000 e. The third kappa shape index (κ3) is 4.61. The molecular weight excluding hydrogens is 192 g/mol. The van der Waals surface area contributed by atoms with E-state index in [-0.39, 0.29) is 0 Å². The molecule has 0 aliphatic rings. The van der Waals surface area contributed by atoms with Gasteiger partial charge < -0.3 is 0 Å². The summed E-state index contributed by atoms with van der Waals surface area (Å²) in [6.07, 6.45) is 10.8. The fourth-order valence-corrected chi connectivity index (χ4v) is 1.30. The van der Waals surface area contributed by atoms with Crippen LogP contribution in [-0.4, -0.2) is 0 Å². The van der Waals surface area contributed by atoms with Gasteiger partial charge in [-0.05, 0) is 18.9 Å². The first-order chi connectivity index (χ1) is 7.72. The molecule has 0 radical (unpaired) electrons. The van der Waals surface area contributed by atoms with Crippen molar-refractivity contribution in [2.24, 2.45) is 0 Å². The minimum atomic E-state index is 0.873. The van der Waals surface area contributed by atoms with Gasteiger partial charge in [0.15, 0.2) is 0 Å².